The monoisotopic (exact) mass is 506 g/mol. The lowest BCUT2D eigenvalue weighted by atomic mass is 9.94. The van der Waals surface area contributed by atoms with Crippen LogP contribution in [0.15, 0.2) is 72.8 Å². The van der Waals surface area contributed by atoms with Gasteiger partial charge in [0.2, 0.25) is 0 Å². The Bertz CT molecular complexity index is 1240. The van der Waals surface area contributed by atoms with Crippen LogP contribution in [0.2, 0.25) is 5.02 Å². The van der Waals surface area contributed by atoms with Gasteiger partial charge in [-0.25, -0.2) is 4.79 Å². The number of alkyl carbamates (subject to hydrolysis) is 1. The van der Waals surface area contributed by atoms with Gasteiger partial charge < -0.3 is 19.7 Å². The van der Waals surface area contributed by atoms with Gasteiger partial charge >= 0.3 is 6.09 Å². The maximum absolute atomic E-state index is 13.7. The van der Waals surface area contributed by atoms with E-state index in [9.17, 15) is 9.59 Å². The van der Waals surface area contributed by atoms with Crippen LogP contribution in [0.3, 0.4) is 0 Å². The second-order valence-corrected chi connectivity index (χ2v) is 10.3. The maximum Gasteiger partial charge on any atom is 0.408 e. The molecule has 0 radical (unpaired) electrons. The molecule has 0 saturated carbocycles. The SMILES string of the molecule is C[C@@H](c1cccc(OCc2ccccc2)c1)N1C(=O)[C@H](NC(=O)OC(C)(C)C)Cc2ccc(Cl)cc21. The van der Waals surface area contributed by atoms with Gasteiger partial charge in [-0.05, 0) is 68.7 Å². The number of hydrogen-bond donors (Lipinski definition) is 1. The molecular weight excluding hydrogens is 476 g/mol. The van der Waals surface area contributed by atoms with Crippen molar-refractivity contribution in [2.45, 2.75) is 58.4 Å². The second-order valence-electron chi connectivity index (χ2n) is 9.91. The number of nitrogens with one attached hydrogen (secondary N) is 1. The zero-order valence-electron chi connectivity index (χ0n) is 21.0. The van der Waals surface area contributed by atoms with Crippen LogP contribution >= 0.6 is 11.6 Å². The maximum atomic E-state index is 13.7. The van der Waals surface area contributed by atoms with Crippen molar-refractivity contribution < 1.29 is 19.1 Å². The van der Waals surface area contributed by atoms with E-state index in [-0.39, 0.29) is 11.9 Å². The summed E-state index contributed by atoms with van der Waals surface area (Å²) in [5.74, 6) is 0.487. The predicted molar refractivity (Wildman–Crippen MR) is 141 cm³/mol. The molecule has 188 valence electrons. The summed E-state index contributed by atoms with van der Waals surface area (Å²) in [6.07, 6.45) is -0.268. The quantitative estimate of drug-likeness (QED) is 0.416. The summed E-state index contributed by atoms with van der Waals surface area (Å²) in [4.78, 5) is 27.9. The number of anilines is 1. The first-order chi connectivity index (χ1) is 17.1. The van der Waals surface area contributed by atoms with Crippen molar-refractivity contribution in [1.29, 1.82) is 0 Å². The van der Waals surface area contributed by atoms with E-state index in [1.807, 2.05) is 67.6 Å². The van der Waals surface area contributed by atoms with Crippen LogP contribution < -0.4 is 15.0 Å². The fourth-order valence-corrected chi connectivity index (χ4v) is 4.41. The molecule has 1 aliphatic rings. The lowest BCUT2D eigenvalue weighted by molar-refractivity contribution is -0.121. The van der Waals surface area contributed by atoms with Crippen LogP contribution in [0.25, 0.3) is 0 Å². The van der Waals surface area contributed by atoms with Crippen molar-refractivity contribution in [2.24, 2.45) is 0 Å². The molecule has 0 spiro atoms. The van der Waals surface area contributed by atoms with Crippen LogP contribution in [0.5, 0.6) is 5.75 Å². The van der Waals surface area contributed by atoms with Crippen molar-refractivity contribution in [3.8, 4) is 5.75 Å². The fraction of sp³-hybridized carbons (Fsp3) is 0.310. The number of nitrogens with zero attached hydrogens (tertiary/aromatic N) is 1. The molecule has 1 aliphatic heterocycles. The number of rotatable bonds is 6. The first-order valence-electron chi connectivity index (χ1n) is 12.0. The van der Waals surface area contributed by atoms with Gasteiger partial charge in [0.25, 0.3) is 5.91 Å². The Morgan fingerprint density at radius 3 is 2.56 bits per heavy atom. The van der Waals surface area contributed by atoms with E-state index in [1.54, 1.807) is 37.8 Å². The summed E-state index contributed by atoms with van der Waals surface area (Å²) in [6, 6.07) is 22.0. The molecule has 0 aromatic heterocycles. The minimum Gasteiger partial charge on any atom is -0.489 e. The summed E-state index contributed by atoms with van der Waals surface area (Å²) >= 11 is 6.31. The first-order valence-corrected chi connectivity index (χ1v) is 12.4. The van der Waals surface area contributed by atoms with E-state index in [4.69, 9.17) is 21.1 Å². The summed E-state index contributed by atoms with van der Waals surface area (Å²) in [5, 5.41) is 3.30. The normalized spacial score (nSPS) is 16.2. The van der Waals surface area contributed by atoms with Gasteiger partial charge in [-0.15, -0.1) is 0 Å². The second kappa shape index (κ2) is 10.6. The molecule has 7 heteroatoms. The third-order valence-corrected chi connectivity index (χ3v) is 6.17. The van der Waals surface area contributed by atoms with E-state index >= 15 is 0 Å². The molecule has 2 atom stereocenters. The van der Waals surface area contributed by atoms with Crippen LogP contribution in [-0.2, 0) is 22.6 Å². The van der Waals surface area contributed by atoms with Crippen molar-refractivity contribution in [3.63, 3.8) is 0 Å². The van der Waals surface area contributed by atoms with Gasteiger partial charge in [0.1, 0.15) is 24.0 Å². The molecule has 1 N–H and O–H groups in total. The number of carbonyl (C=O) groups is 2. The van der Waals surface area contributed by atoms with E-state index in [0.29, 0.717) is 23.8 Å². The molecule has 36 heavy (non-hydrogen) atoms. The molecule has 6 nitrogen and oxygen atoms in total. The average molecular weight is 507 g/mol. The minimum atomic E-state index is -0.756. The predicted octanol–water partition coefficient (Wildman–Crippen LogP) is 6.46. The van der Waals surface area contributed by atoms with Crippen LogP contribution in [0.4, 0.5) is 10.5 Å². The largest absolute Gasteiger partial charge is 0.489 e. The van der Waals surface area contributed by atoms with Gasteiger partial charge in [0, 0.05) is 17.1 Å². The molecule has 3 aromatic carbocycles. The highest BCUT2D eigenvalue weighted by Crippen LogP contribution is 2.37. The summed E-state index contributed by atoms with van der Waals surface area (Å²) in [5.41, 5.74) is 2.96. The lowest BCUT2D eigenvalue weighted by Gasteiger charge is -2.38. The van der Waals surface area contributed by atoms with E-state index < -0.39 is 17.7 Å². The van der Waals surface area contributed by atoms with Gasteiger partial charge in [-0.2, -0.15) is 0 Å². The molecule has 0 aliphatic carbocycles. The first kappa shape index (κ1) is 25.6. The van der Waals surface area contributed by atoms with Crippen molar-refractivity contribution in [1.82, 2.24) is 5.32 Å². The summed E-state index contributed by atoms with van der Waals surface area (Å²) in [6.45, 7) is 7.76. The van der Waals surface area contributed by atoms with Crippen molar-refractivity contribution in [3.05, 3.63) is 94.5 Å². The molecule has 0 unspecified atom stereocenters. The topological polar surface area (TPSA) is 67.9 Å². The number of amides is 2. The molecule has 1 heterocycles. The molecule has 3 aromatic rings. The Labute approximate surface area is 217 Å². The van der Waals surface area contributed by atoms with Crippen molar-refractivity contribution >= 4 is 29.3 Å². The molecular formula is C29H31ClN2O4. The molecule has 0 bridgehead atoms. The number of hydrogen-bond acceptors (Lipinski definition) is 4. The van der Waals surface area contributed by atoms with Crippen LogP contribution in [0, 0.1) is 0 Å². The third kappa shape index (κ3) is 6.18. The van der Waals surface area contributed by atoms with Gasteiger partial charge in [0.05, 0.1) is 6.04 Å². The number of ether oxygens (including phenoxy) is 2. The Kier molecular flexibility index (Phi) is 7.55. The minimum absolute atomic E-state index is 0.223. The van der Waals surface area contributed by atoms with Crippen molar-refractivity contribution in [2.75, 3.05) is 4.90 Å². The smallest absolute Gasteiger partial charge is 0.408 e. The Balaban J connectivity index is 1.59. The van der Waals surface area contributed by atoms with E-state index in [2.05, 4.69) is 5.32 Å². The Hall–Kier alpha value is -3.51. The fourth-order valence-electron chi connectivity index (χ4n) is 4.24. The molecule has 2 amide bonds. The zero-order valence-corrected chi connectivity index (χ0v) is 21.7. The van der Waals surface area contributed by atoms with Gasteiger partial charge in [-0.1, -0.05) is 60.1 Å². The van der Waals surface area contributed by atoms with E-state index in [1.165, 1.54) is 0 Å². The van der Waals surface area contributed by atoms with Crippen LogP contribution in [-0.4, -0.2) is 23.6 Å². The number of fused-ring (bicyclic) bond motifs is 1. The average Bonchev–Trinajstić information content (AvgIpc) is 2.83. The zero-order chi connectivity index (χ0) is 25.9. The highest BCUT2D eigenvalue weighted by molar-refractivity contribution is 6.31. The Morgan fingerprint density at radius 1 is 1.08 bits per heavy atom. The highest BCUT2D eigenvalue weighted by atomic mass is 35.5. The van der Waals surface area contributed by atoms with Gasteiger partial charge in [0.15, 0.2) is 0 Å². The number of carbonyl (C=O) groups excluding carboxylic acids is 2. The van der Waals surface area contributed by atoms with E-state index in [0.717, 1.165) is 22.4 Å². The highest BCUT2D eigenvalue weighted by Gasteiger charge is 2.37. The number of halogens is 1. The van der Waals surface area contributed by atoms with Crippen LogP contribution in [0.1, 0.15) is 50.4 Å². The Morgan fingerprint density at radius 2 is 1.83 bits per heavy atom. The summed E-state index contributed by atoms with van der Waals surface area (Å²) < 4.78 is 11.4. The molecule has 0 fully saturated rings. The third-order valence-electron chi connectivity index (χ3n) is 5.93. The number of benzene rings is 3. The molecule has 0 saturated heterocycles. The molecule has 4 rings (SSSR count). The standard InChI is InChI=1S/C29H31ClN2O4/c1-19(21-11-8-12-24(15-21)35-18-20-9-6-5-7-10-20)32-26-17-23(30)14-13-22(26)16-25(27(32)33)31-28(34)36-29(2,3)4/h5-15,17,19,25H,16,18H2,1-4H3,(H,31,34)/t19-,25+/m0/s1. The summed E-state index contributed by atoms with van der Waals surface area (Å²) in [7, 11) is 0. The van der Waals surface area contributed by atoms with Gasteiger partial charge in [-0.3, -0.25) is 4.79 Å². The lowest BCUT2D eigenvalue weighted by Crippen LogP contribution is -2.54.